The van der Waals surface area contributed by atoms with Gasteiger partial charge in [-0.05, 0) is 81.6 Å². The highest BCUT2D eigenvalue weighted by Gasteiger charge is 2.30. The van der Waals surface area contributed by atoms with Gasteiger partial charge in [0.25, 0.3) is 0 Å². The lowest BCUT2D eigenvalue weighted by Gasteiger charge is -2.40. The quantitative estimate of drug-likeness (QED) is 0.488. The van der Waals surface area contributed by atoms with Crippen molar-refractivity contribution in [3.63, 3.8) is 0 Å². The molecule has 3 aromatic rings. The molecule has 6 nitrogen and oxygen atoms in total. The summed E-state index contributed by atoms with van der Waals surface area (Å²) in [5.74, 6) is 1.02. The van der Waals surface area contributed by atoms with Crippen LogP contribution in [0.4, 0.5) is 4.39 Å². The van der Waals surface area contributed by atoms with Gasteiger partial charge < -0.3 is 9.84 Å². The zero-order valence-electron chi connectivity index (χ0n) is 21.2. The minimum Gasteiger partial charge on any atom is -0.504 e. The number of ether oxygens (including phenoxy) is 1. The van der Waals surface area contributed by atoms with Crippen molar-refractivity contribution >= 4 is 0 Å². The van der Waals surface area contributed by atoms with E-state index in [1.807, 2.05) is 42.9 Å². The number of rotatable bonds is 9. The Hall–Kier alpha value is -2.90. The Bertz CT molecular complexity index is 1120. The summed E-state index contributed by atoms with van der Waals surface area (Å²) in [6.45, 7) is 5.59. The lowest BCUT2D eigenvalue weighted by Crippen LogP contribution is -2.45. The molecule has 1 aromatic heterocycles. The number of benzene rings is 2. The van der Waals surface area contributed by atoms with Gasteiger partial charge >= 0.3 is 0 Å². The highest BCUT2D eigenvalue weighted by atomic mass is 19.1. The standard InChI is InChI=1S/C28H37FN4O2/c1-20-24(19-32(3)30-20)18-31(2)26(16-23-7-5-6-8-25(23)29)22-11-13-33(14-12-22)17-21-9-10-28(35-4)27(34)15-21/h5-10,15,19,22,26,34H,11-14,16-18H2,1-4H3. The van der Waals surface area contributed by atoms with Crippen molar-refractivity contribution < 1.29 is 14.2 Å². The number of piperidine rings is 1. The zero-order chi connectivity index (χ0) is 24.9. The molecule has 1 aliphatic heterocycles. The molecular weight excluding hydrogens is 443 g/mol. The first kappa shape index (κ1) is 25.2. The minimum absolute atomic E-state index is 0.125. The summed E-state index contributed by atoms with van der Waals surface area (Å²) in [4.78, 5) is 4.82. The molecule has 7 heteroatoms. The summed E-state index contributed by atoms with van der Waals surface area (Å²) >= 11 is 0. The lowest BCUT2D eigenvalue weighted by atomic mass is 9.84. The molecule has 4 rings (SSSR count). The molecule has 2 aromatic carbocycles. The van der Waals surface area contributed by atoms with E-state index in [2.05, 4.69) is 28.1 Å². The number of hydrogen-bond donors (Lipinski definition) is 1. The van der Waals surface area contributed by atoms with Gasteiger partial charge in [0.1, 0.15) is 5.82 Å². The zero-order valence-corrected chi connectivity index (χ0v) is 21.2. The molecule has 1 saturated heterocycles. The number of phenolic OH excluding ortho intramolecular Hbond substituents is 1. The van der Waals surface area contributed by atoms with E-state index in [1.165, 1.54) is 5.56 Å². The fourth-order valence-electron chi connectivity index (χ4n) is 5.35. The summed E-state index contributed by atoms with van der Waals surface area (Å²) in [6.07, 6.45) is 4.88. The van der Waals surface area contributed by atoms with Gasteiger partial charge in [0.15, 0.2) is 11.5 Å². The van der Waals surface area contributed by atoms with Crippen LogP contribution in [0, 0.1) is 18.7 Å². The SMILES string of the molecule is COc1ccc(CN2CCC(C(Cc3ccccc3F)N(C)Cc3cn(C)nc3C)CC2)cc1O. The number of aromatic hydroxyl groups is 1. The number of methoxy groups -OCH3 is 1. The Morgan fingerprint density at radius 1 is 1.17 bits per heavy atom. The van der Waals surface area contributed by atoms with Crippen LogP contribution in [0.15, 0.2) is 48.7 Å². The van der Waals surface area contributed by atoms with Crippen LogP contribution in [0.3, 0.4) is 0 Å². The van der Waals surface area contributed by atoms with E-state index >= 15 is 0 Å². The Morgan fingerprint density at radius 2 is 1.91 bits per heavy atom. The average Bonchev–Trinajstić information content (AvgIpc) is 3.15. The van der Waals surface area contributed by atoms with Gasteiger partial charge in [-0.15, -0.1) is 0 Å². The summed E-state index contributed by atoms with van der Waals surface area (Å²) in [6, 6.07) is 13.0. The number of nitrogens with zero attached hydrogens (tertiary/aromatic N) is 4. The summed E-state index contributed by atoms with van der Waals surface area (Å²) in [5.41, 5.74) is 4.11. The molecule has 0 spiro atoms. The fourth-order valence-corrected chi connectivity index (χ4v) is 5.35. The maximum atomic E-state index is 14.6. The molecule has 0 aliphatic carbocycles. The number of aromatic nitrogens is 2. The molecule has 0 bridgehead atoms. The Morgan fingerprint density at radius 3 is 2.54 bits per heavy atom. The van der Waals surface area contributed by atoms with Crippen LogP contribution in [0.2, 0.25) is 0 Å². The first-order valence-corrected chi connectivity index (χ1v) is 12.3. The number of phenols is 1. The maximum absolute atomic E-state index is 14.6. The molecule has 0 radical (unpaired) electrons. The minimum atomic E-state index is -0.125. The van der Waals surface area contributed by atoms with Gasteiger partial charge in [0.05, 0.1) is 12.8 Å². The van der Waals surface area contributed by atoms with Crippen molar-refractivity contribution in [3.8, 4) is 11.5 Å². The van der Waals surface area contributed by atoms with Crippen LogP contribution in [0.5, 0.6) is 11.5 Å². The summed E-state index contributed by atoms with van der Waals surface area (Å²) in [5, 5.41) is 14.6. The van der Waals surface area contributed by atoms with Gasteiger partial charge in [-0.1, -0.05) is 24.3 Å². The van der Waals surface area contributed by atoms with E-state index < -0.39 is 0 Å². The van der Waals surface area contributed by atoms with Crippen molar-refractivity contribution in [2.24, 2.45) is 13.0 Å². The second-order valence-corrected chi connectivity index (χ2v) is 9.81. The molecule has 1 fully saturated rings. The van der Waals surface area contributed by atoms with Gasteiger partial charge in [-0.3, -0.25) is 14.5 Å². The summed E-state index contributed by atoms with van der Waals surface area (Å²) < 4.78 is 21.6. The Labute approximate surface area is 207 Å². The molecule has 188 valence electrons. The van der Waals surface area contributed by atoms with E-state index in [4.69, 9.17) is 4.74 Å². The maximum Gasteiger partial charge on any atom is 0.160 e. The first-order chi connectivity index (χ1) is 16.8. The predicted molar refractivity (Wildman–Crippen MR) is 136 cm³/mol. The predicted octanol–water partition coefficient (Wildman–Crippen LogP) is 4.54. The van der Waals surface area contributed by atoms with Crippen LogP contribution >= 0.6 is 0 Å². The number of aryl methyl sites for hydroxylation is 2. The normalized spacial score (nSPS) is 16.1. The van der Waals surface area contributed by atoms with Crippen LogP contribution in [0.1, 0.15) is 35.2 Å². The largest absolute Gasteiger partial charge is 0.504 e. The third-order valence-corrected chi connectivity index (χ3v) is 7.31. The first-order valence-electron chi connectivity index (χ1n) is 12.3. The smallest absolute Gasteiger partial charge is 0.160 e. The van der Waals surface area contributed by atoms with Crippen LogP contribution in [-0.2, 0) is 26.6 Å². The third-order valence-electron chi connectivity index (χ3n) is 7.31. The monoisotopic (exact) mass is 480 g/mol. The lowest BCUT2D eigenvalue weighted by molar-refractivity contribution is 0.0948. The molecule has 2 heterocycles. The molecule has 1 aliphatic rings. The average molecular weight is 481 g/mol. The van der Waals surface area contributed by atoms with Crippen molar-refractivity contribution in [2.45, 2.75) is 45.3 Å². The van der Waals surface area contributed by atoms with Crippen molar-refractivity contribution in [1.29, 1.82) is 0 Å². The molecule has 1 atom stereocenters. The number of halogens is 1. The van der Waals surface area contributed by atoms with Crippen molar-refractivity contribution in [1.82, 2.24) is 19.6 Å². The van der Waals surface area contributed by atoms with E-state index in [-0.39, 0.29) is 17.6 Å². The van der Waals surface area contributed by atoms with E-state index in [1.54, 1.807) is 25.3 Å². The number of likely N-dealkylation sites (tertiary alicyclic amines) is 1. The highest BCUT2D eigenvalue weighted by Crippen LogP contribution is 2.30. The van der Waals surface area contributed by atoms with Crippen molar-refractivity contribution in [2.75, 3.05) is 27.2 Å². The van der Waals surface area contributed by atoms with Crippen LogP contribution in [-0.4, -0.2) is 58.0 Å². The number of hydrogen-bond acceptors (Lipinski definition) is 5. The van der Waals surface area contributed by atoms with Gasteiger partial charge in [-0.2, -0.15) is 5.10 Å². The second-order valence-electron chi connectivity index (χ2n) is 9.81. The second kappa shape index (κ2) is 11.2. The molecule has 0 amide bonds. The Balaban J connectivity index is 1.44. The molecule has 35 heavy (non-hydrogen) atoms. The van der Waals surface area contributed by atoms with E-state index in [0.717, 1.165) is 55.8 Å². The van der Waals surface area contributed by atoms with Gasteiger partial charge in [-0.25, -0.2) is 4.39 Å². The van der Waals surface area contributed by atoms with E-state index in [0.29, 0.717) is 18.1 Å². The van der Waals surface area contributed by atoms with Crippen LogP contribution < -0.4 is 4.74 Å². The topological polar surface area (TPSA) is 53.8 Å². The van der Waals surface area contributed by atoms with Crippen LogP contribution in [0.25, 0.3) is 0 Å². The molecule has 1 unspecified atom stereocenters. The number of likely N-dealkylation sites (N-methyl/N-ethyl adjacent to an activating group) is 1. The van der Waals surface area contributed by atoms with E-state index in [9.17, 15) is 9.50 Å². The molecule has 0 saturated carbocycles. The van der Waals surface area contributed by atoms with Gasteiger partial charge in [0.2, 0.25) is 0 Å². The molecular formula is C28H37FN4O2. The van der Waals surface area contributed by atoms with Gasteiger partial charge in [0, 0.05) is 37.9 Å². The van der Waals surface area contributed by atoms with Crippen molar-refractivity contribution in [3.05, 3.63) is 76.9 Å². The fraction of sp³-hybridized carbons (Fsp3) is 0.464. The third kappa shape index (κ3) is 6.21. The summed E-state index contributed by atoms with van der Waals surface area (Å²) in [7, 11) is 5.67. The Kier molecular flexibility index (Phi) is 8.08. The molecule has 1 N–H and O–H groups in total. The highest BCUT2D eigenvalue weighted by molar-refractivity contribution is 5.41.